The molecule has 2 aromatic carbocycles. The molecule has 7 nitrogen and oxygen atoms in total. The minimum atomic E-state index is -0.540. The van der Waals surface area contributed by atoms with Gasteiger partial charge in [0.15, 0.2) is 12.4 Å². The molecular weight excluding hydrogens is 487 g/mol. The van der Waals surface area contributed by atoms with Crippen molar-refractivity contribution in [1.82, 2.24) is 19.6 Å². The summed E-state index contributed by atoms with van der Waals surface area (Å²) in [7, 11) is 0. The Morgan fingerprint density at radius 2 is 1.85 bits per heavy atom. The lowest BCUT2D eigenvalue weighted by Crippen LogP contribution is -2.15. The van der Waals surface area contributed by atoms with Crippen molar-refractivity contribution >= 4 is 34.8 Å². The van der Waals surface area contributed by atoms with E-state index in [1.165, 1.54) is 35.0 Å². The fourth-order valence-electron chi connectivity index (χ4n) is 3.28. The molecule has 0 aliphatic carbocycles. The standard InChI is InChI=1S/C23H19Cl2F2N5O2/c1-13-22(14(2)32(29-13)11-15-3-4-16(26)9-18(15)24)28-23(33)21-7-8-31(30-21)12-34-17-5-6-20(27)19(25)10-17/h3-10H,11-12H2,1-2H3,(H,28,33). The highest BCUT2D eigenvalue weighted by molar-refractivity contribution is 6.31. The van der Waals surface area contributed by atoms with Gasteiger partial charge in [0.2, 0.25) is 0 Å². The number of nitrogens with one attached hydrogen (secondary N) is 1. The van der Waals surface area contributed by atoms with E-state index in [2.05, 4.69) is 15.5 Å². The maximum absolute atomic E-state index is 13.3. The summed E-state index contributed by atoms with van der Waals surface area (Å²) in [6.45, 7) is 3.91. The summed E-state index contributed by atoms with van der Waals surface area (Å²) in [5.41, 5.74) is 2.75. The summed E-state index contributed by atoms with van der Waals surface area (Å²) < 4.78 is 35.2. The lowest BCUT2D eigenvalue weighted by atomic mass is 10.2. The fourth-order valence-corrected chi connectivity index (χ4v) is 3.68. The van der Waals surface area contributed by atoms with Crippen molar-refractivity contribution in [1.29, 1.82) is 0 Å². The molecule has 1 N–H and O–H groups in total. The smallest absolute Gasteiger partial charge is 0.276 e. The van der Waals surface area contributed by atoms with Crippen LogP contribution in [0.2, 0.25) is 10.0 Å². The Morgan fingerprint density at radius 3 is 2.59 bits per heavy atom. The van der Waals surface area contributed by atoms with Gasteiger partial charge in [-0.25, -0.2) is 13.5 Å². The summed E-state index contributed by atoms with van der Waals surface area (Å²) in [5.74, 6) is -1.01. The Balaban J connectivity index is 1.42. The van der Waals surface area contributed by atoms with Crippen LogP contribution in [-0.2, 0) is 13.3 Å². The summed E-state index contributed by atoms with van der Waals surface area (Å²) in [4.78, 5) is 12.8. The van der Waals surface area contributed by atoms with Gasteiger partial charge in [-0.2, -0.15) is 10.2 Å². The third-order valence-electron chi connectivity index (χ3n) is 5.08. The maximum Gasteiger partial charge on any atom is 0.276 e. The van der Waals surface area contributed by atoms with Gasteiger partial charge >= 0.3 is 0 Å². The van der Waals surface area contributed by atoms with Gasteiger partial charge in [0.25, 0.3) is 5.91 Å². The highest BCUT2D eigenvalue weighted by atomic mass is 35.5. The summed E-state index contributed by atoms with van der Waals surface area (Å²) in [6, 6.07) is 9.73. The first-order valence-corrected chi connectivity index (χ1v) is 10.9. The lowest BCUT2D eigenvalue weighted by molar-refractivity contribution is 0.102. The normalized spacial score (nSPS) is 11.0. The molecular formula is C23H19Cl2F2N5O2. The molecule has 0 radical (unpaired) electrons. The first-order chi connectivity index (χ1) is 16.2. The van der Waals surface area contributed by atoms with Crippen LogP contribution in [0.25, 0.3) is 0 Å². The Hall–Kier alpha value is -3.43. The summed E-state index contributed by atoms with van der Waals surface area (Å²) in [6.07, 6.45) is 1.58. The molecule has 34 heavy (non-hydrogen) atoms. The second kappa shape index (κ2) is 9.82. The molecule has 2 aromatic heterocycles. The topological polar surface area (TPSA) is 74.0 Å². The number of benzene rings is 2. The first-order valence-electron chi connectivity index (χ1n) is 10.1. The molecule has 0 spiro atoms. The molecule has 0 atom stereocenters. The van der Waals surface area contributed by atoms with Crippen LogP contribution in [0.3, 0.4) is 0 Å². The molecule has 4 rings (SSSR count). The number of ether oxygens (including phenoxy) is 1. The number of amides is 1. The monoisotopic (exact) mass is 505 g/mol. The lowest BCUT2D eigenvalue weighted by Gasteiger charge is -2.08. The number of hydrogen-bond donors (Lipinski definition) is 1. The van der Waals surface area contributed by atoms with Crippen molar-refractivity contribution < 1.29 is 18.3 Å². The molecule has 0 saturated heterocycles. The van der Waals surface area contributed by atoms with Crippen LogP contribution in [0.15, 0.2) is 48.7 Å². The molecule has 0 bridgehead atoms. The van der Waals surface area contributed by atoms with Crippen LogP contribution in [0.1, 0.15) is 27.4 Å². The van der Waals surface area contributed by atoms with E-state index >= 15 is 0 Å². The third kappa shape index (κ3) is 5.21. The second-order valence-corrected chi connectivity index (χ2v) is 8.30. The Bertz CT molecular complexity index is 1370. The van der Waals surface area contributed by atoms with E-state index in [-0.39, 0.29) is 17.4 Å². The van der Waals surface area contributed by atoms with Crippen molar-refractivity contribution in [2.75, 3.05) is 5.32 Å². The largest absolute Gasteiger partial charge is 0.471 e. The molecule has 0 aliphatic heterocycles. The van der Waals surface area contributed by atoms with E-state index in [9.17, 15) is 13.6 Å². The summed E-state index contributed by atoms with van der Waals surface area (Å²) >= 11 is 11.9. The zero-order valence-corrected chi connectivity index (χ0v) is 19.7. The number of hydrogen-bond acceptors (Lipinski definition) is 4. The predicted octanol–water partition coefficient (Wildman–Crippen LogP) is 5.62. The Labute approximate surface area is 203 Å². The van der Waals surface area contributed by atoms with Crippen LogP contribution >= 0.6 is 23.2 Å². The first kappa shape index (κ1) is 23.7. The highest BCUT2D eigenvalue weighted by Gasteiger charge is 2.18. The SMILES string of the molecule is Cc1nn(Cc2ccc(F)cc2Cl)c(C)c1NC(=O)c1ccn(COc2ccc(F)c(Cl)c2)n1. The van der Waals surface area contributed by atoms with E-state index in [1.54, 1.807) is 29.9 Å². The molecule has 0 fully saturated rings. The quantitative estimate of drug-likeness (QED) is 0.353. The number of nitrogens with zero attached hydrogens (tertiary/aromatic N) is 4. The minimum Gasteiger partial charge on any atom is -0.471 e. The molecule has 0 saturated carbocycles. The van der Waals surface area contributed by atoms with Gasteiger partial charge in [0.05, 0.1) is 28.6 Å². The highest BCUT2D eigenvalue weighted by Crippen LogP contribution is 2.24. The van der Waals surface area contributed by atoms with Crippen LogP contribution in [-0.4, -0.2) is 25.5 Å². The van der Waals surface area contributed by atoms with Gasteiger partial charge in [0, 0.05) is 17.3 Å². The minimum absolute atomic E-state index is 0.00363. The van der Waals surface area contributed by atoms with E-state index in [0.29, 0.717) is 40.0 Å². The number of carbonyl (C=O) groups is 1. The van der Waals surface area contributed by atoms with Crippen molar-refractivity contribution in [3.05, 3.63) is 93.0 Å². The van der Waals surface area contributed by atoms with Gasteiger partial charge < -0.3 is 10.1 Å². The van der Waals surface area contributed by atoms with Gasteiger partial charge in [-0.3, -0.25) is 9.48 Å². The molecule has 4 aromatic rings. The van der Waals surface area contributed by atoms with E-state index < -0.39 is 17.5 Å². The zero-order chi connectivity index (χ0) is 24.4. The van der Waals surface area contributed by atoms with E-state index in [4.69, 9.17) is 27.9 Å². The third-order valence-corrected chi connectivity index (χ3v) is 5.72. The van der Waals surface area contributed by atoms with E-state index in [0.717, 1.165) is 0 Å². The number of carbonyl (C=O) groups excluding carboxylic acids is 1. The van der Waals surface area contributed by atoms with Crippen molar-refractivity contribution in [2.45, 2.75) is 27.1 Å². The molecule has 0 unspecified atom stereocenters. The number of aromatic nitrogens is 4. The van der Waals surface area contributed by atoms with Crippen LogP contribution in [0.4, 0.5) is 14.5 Å². The van der Waals surface area contributed by atoms with Crippen molar-refractivity contribution in [3.63, 3.8) is 0 Å². The van der Waals surface area contributed by atoms with Crippen molar-refractivity contribution in [3.8, 4) is 5.75 Å². The van der Waals surface area contributed by atoms with Gasteiger partial charge in [0.1, 0.15) is 17.4 Å². The van der Waals surface area contributed by atoms with Crippen LogP contribution < -0.4 is 10.1 Å². The average molecular weight is 506 g/mol. The van der Waals surface area contributed by atoms with Gasteiger partial charge in [-0.1, -0.05) is 29.3 Å². The average Bonchev–Trinajstić information content (AvgIpc) is 3.37. The predicted molar refractivity (Wildman–Crippen MR) is 124 cm³/mol. The fraction of sp³-hybridized carbons (Fsp3) is 0.174. The Kier molecular flexibility index (Phi) is 6.85. The van der Waals surface area contributed by atoms with Crippen molar-refractivity contribution in [2.24, 2.45) is 0 Å². The molecule has 1 amide bonds. The van der Waals surface area contributed by atoms with Gasteiger partial charge in [-0.15, -0.1) is 0 Å². The zero-order valence-electron chi connectivity index (χ0n) is 18.2. The number of anilines is 1. The van der Waals surface area contributed by atoms with Crippen LogP contribution in [0, 0.1) is 25.5 Å². The van der Waals surface area contributed by atoms with Gasteiger partial charge in [-0.05, 0) is 49.7 Å². The van der Waals surface area contributed by atoms with Crippen LogP contribution in [0.5, 0.6) is 5.75 Å². The van der Waals surface area contributed by atoms with E-state index in [1.807, 2.05) is 6.92 Å². The number of halogens is 4. The molecule has 2 heterocycles. The number of aryl methyl sites for hydroxylation is 1. The maximum atomic E-state index is 13.3. The molecule has 0 aliphatic rings. The molecule has 176 valence electrons. The molecule has 11 heteroatoms. The summed E-state index contributed by atoms with van der Waals surface area (Å²) in [5, 5.41) is 11.8. The second-order valence-electron chi connectivity index (χ2n) is 7.48. The number of rotatable bonds is 7. The Morgan fingerprint density at radius 1 is 1.06 bits per heavy atom.